The Kier molecular flexibility index (Phi) is 6.40. The van der Waals surface area contributed by atoms with Crippen LogP contribution in [0.3, 0.4) is 0 Å². The number of fused-ring (bicyclic) bond motifs is 1. The van der Waals surface area contributed by atoms with Gasteiger partial charge in [0.2, 0.25) is 15.9 Å². The zero-order valence-corrected chi connectivity index (χ0v) is 19.4. The van der Waals surface area contributed by atoms with Gasteiger partial charge < -0.3 is 14.7 Å². The van der Waals surface area contributed by atoms with Crippen molar-refractivity contribution in [3.63, 3.8) is 0 Å². The molecule has 0 saturated carbocycles. The topological polar surface area (TPSA) is 77.1 Å². The first kappa shape index (κ1) is 21.9. The highest BCUT2D eigenvalue weighted by atomic mass is 32.2. The number of hydrogen-bond acceptors (Lipinski definition) is 7. The number of nitrogens with zero attached hydrogens (tertiary/aromatic N) is 5. The Hall–Kier alpha value is -2.30. The summed E-state index contributed by atoms with van der Waals surface area (Å²) in [5.74, 6) is 1.87. The number of piperazine rings is 1. The summed E-state index contributed by atoms with van der Waals surface area (Å²) in [4.78, 5) is 24.8. The minimum Gasteiger partial charge on any atom is -0.360 e. The summed E-state index contributed by atoms with van der Waals surface area (Å²) in [6.07, 6.45) is 1.78. The number of thioether (sulfide) groups is 1. The molecule has 2 aliphatic heterocycles. The average Bonchev–Trinajstić information content (AvgIpc) is 2.79. The number of aromatic nitrogens is 1. The van der Waals surface area contributed by atoms with Crippen LogP contribution in [0.15, 0.2) is 52.4 Å². The Bertz CT molecular complexity index is 1040. The third kappa shape index (κ3) is 4.65. The molecular weight excluding hydrogens is 434 g/mol. The molecule has 4 rings (SSSR count). The van der Waals surface area contributed by atoms with Gasteiger partial charge in [0.15, 0.2) is 0 Å². The van der Waals surface area contributed by atoms with Gasteiger partial charge in [0.05, 0.1) is 17.1 Å². The van der Waals surface area contributed by atoms with Crippen molar-refractivity contribution < 1.29 is 13.2 Å². The first-order chi connectivity index (χ1) is 14.9. The minimum absolute atomic E-state index is 0.0689. The van der Waals surface area contributed by atoms with Crippen LogP contribution in [-0.4, -0.2) is 87.6 Å². The monoisotopic (exact) mass is 461 g/mol. The van der Waals surface area contributed by atoms with E-state index in [2.05, 4.69) is 9.88 Å². The number of amides is 1. The molecule has 0 radical (unpaired) electrons. The lowest BCUT2D eigenvalue weighted by Gasteiger charge is -2.37. The van der Waals surface area contributed by atoms with Crippen LogP contribution < -0.4 is 9.80 Å². The van der Waals surface area contributed by atoms with Crippen LogP contribution in [0.5, 0.6) is 0 Å². The maximum absolute atomic E-state index is 13.0. The molecule has 0 unspecified atom stereocenters. The van der Waals surface area contributed by atoms with Gasteiger partial charge in [-0.05, 0) is 30.3 Å². The van der Waals surface area contributed by atoms with Crippen LogP contribution in [0.1, 0.15) is 0 Å². The fourth-order valence-electron chi connectivity index (χ4n) is 3.78. The highest BCUT2D eigenvalue weighted by Gasteiger charge is 2.27. The second kappa shape index (κ2) is 9.05. The van der Waals surface area contributed by atoms with E-state index in [4.69, 9.17) is 0 Å². The van der Waals surface area contributed by atoms with Gasteiger partial charge in [-0.2, -0.15) is 0 Å². The smallest absolute Gasteiger partial charge is 0.242 e. The number of anilines is 2. The third-order valence-electron chi connectivity index (χ3n) is 5.60. The summed E-state index contributed by atoms with van der Waals surface area (Å²) < 4.78 is 26.3. The molecule has 2 aliphatic rings. The minimum atomic E-state index is -3.52. The zero-order valence-electron chi connectivity index (χ0n) is 17.8. The van der Waals surface area contributed by atoms with Crippen molar-refractivity contribution in [2.75, 3.05) is 68.9 Å². The second-order valence-corrected chi connectivity index (χ2v) is 11.0. The Morgan fingerprint density at radius 3 is 2.55 bits per heavy atom. The molecule has 1 fully saturated rings. The van der Waals surface area contributed by atoms with E-state index in [0.717, 1.165) is 35.2 Å². The maximum Gasteiger partial charge on any atom is 0.242 e. The van der Waals surface area contributed by atoms with Gasteiger partial charge in [-0.25, -0.2) is 17.7 Å². The predicted molar refractivity (Wildman–Crippen MR) is 123 cm³/mol. The van der Waals surface area contributed by atoms with E-state index in [-0.39, 0.29) is 17.3 Å². The Balaban J connectivity index is 1.44. The van der Waals surface area contributed by atoms with E-state index < -0.39 is 10.0 Å². The molecule has 10 heteroatoms. The second-order valence-electron chi connectivity index (χ2n) is 7.74. The first-order valence-corrected chi connectivity index (χ1v) is 12.7. The summed E-state index contributed by atoms with van der Waals surface area (Å²) >= 11 is 1.69. The van der Waals surface area contributed by atoms with Crippen molar-refractivity contribution in [3.05, 3.63) is 42.6 Å². The van der Waals surface area contributed by atoms with Gasteiger partial charge in [-0.3, -0.25) is 4.79 Å². The summed E-state index contributed by atoms with van der Waals surface area (Å²) in [7, 11) is -0.478. The predicted octanol–water partition coefficient (Wildman–Crippen LogP) is 1.59. The average molecular weight is 462 g/mol. The molecule has 0 atom stereocenters. The molecule has 31 heavy (non-hydrogen) atoms. The van der Waals surface area contributed by atoms with Gasteiger partial charge in [-0.1, -0.05) is 6.07 Å². The molecule has 0 bridgehead atoms. The molecule has 0 spiro atoms. The van der Waals surface area contributed by atoms with Crippen LogP contribution in [0.4, 0.5) is 11.5 Å². The molecule has 1 amide bonds. The number of pyridine rings is 1. The highest BCUT2D eigenvalue weighted by Crippen LogP contribution is 2.36. The molecule has 8 nitrogen and oxygen atoms in total. The van der Waals surface area contributed by atoms with Gasteiger partial charge in [0.1, 0.15) is 5.82 Å². The van der Waals surface area contributed by atoms with Crippen molar-refractivity contribution in [2.45, 2.75) is 9.79 Å². The Morgan fingerprint density at radius 1 is 1.10 bits per heavy atom. The van der Waals surface area contributed by atoms with Crippen molar-refractivity contribution in [1.82, 2.24) is 14.2 Å². The molecule has 2 aromatic rings. The summed E-state index contributed by atoms with van der Waals surface area (Å²) in [5, 5.41) is 0. The zero-order chi connectivity index (χ0) is 22.0. The Labute approximate surface area is 187 Å². The van der Waals surface area contributed by atoms with Crippen molar-refractivity contribution in [2.24, 2.45) is 0 Å². The van der Waals surface area contributed by atoms with Crippen LogP contribution >= 0.6 is 11.8 Å². The van der Waals surface area contributed by atoms with Crippen molar-refractivity contribution in [3.8, 4) is 0 Å². The van der Waals surface area contributed by atoms with Gasteiger partial charge in [0, 0.05) is 63.7 Å². The van der Waals surface area contributed by atoms with Crippen LogP contribution in [0.25, 0.3) is 0 Å². The lowest BCUT2D eigenvalue weighted by atomic mass is 10.2. The van der Waals surface area contributed by atoms with Crippen molar-refractivity contribution >= 4 is 39.2 Å². The number of rotatable bonds is 5. The van der Waals surface area contributed by atoms with E-state index >= 15 is 0 Å². The van der Waals surface area contributed by atoms with E-state index in [9.17, 15) is 13.2 Å². The molecule has 166 valence electrons. The SMILES string of the molecule is CN(C)S(=O)(=O)c1ccc2c(c1)N(CC(=O)N1CCN(c3ccccn3)CC1)CCS2. The lowest BCUT2D eigenvalue weighted by molar-refractivity contribution is -0.130. The number of sulfonamides is 1. The lowest BCUT2D eigenvalue weighted by Crippen LogP contribution is -2.52. The van der Waals surface area contributed by atoms with Gasteiger partial charge in [-0.15, -0.1) is 11.8 Å². The number of carbonyl (C=O) groups excluding carboxylic acids is 1. The molecular formula is C21H27N5O3S2. The molecule has 1 aromatic carbocycles. The van der Waals surface area contributed by atoms with E-state index in [1.54, 1.807) is 30.1 Å². The van der Waals surface area contributed by atoms with Crippen LogP contribution in [-0.2, 0) is 14.8 Å². The van der Waals surface area contributed by atoms with E-state index in [0.29, 0.717) is 19.6 Å². The molecule has 0 N–H and O–H groups in total. The molecule has 0 aliphatic carbocycles. The fourth-order valence-corrected chi connectivity index (χ4v) is 5.73. The van der Waals surface area contributed by atoms with E-state index in [1.807, 2.05) is 34.1 Å². The third-order valence-corrected chi connectivity index (χ3v) is 8.45. The number of hydrogen-bond donors (Lipinski definition) is 0. The number of benzene rings is 1. The van der Waals surface area contributed by atoms with Gasteiger partial charge in [0.25, 0.3) is 0 Å². The first-order valence-electron chi connectivity index (χ1n) is 10.2. The Morgan fingerprint density at radius 2 is 1.87 bits per heavy atom. The largest absolute Gasteiger partial charge is 0.360 e. The van der Waals surface area contributed by atoms with Crippen molar-refractivity contribution in [1.29, 1.82) is 0 Å². The molecule has 1 aromatic heterocycles. The molecule has 3 heterocycles. The van der Waals surface area contributed by atoms with Crippen LogP contribution in [0, 0.1) is 0 Å². The van der Waals surface area contributed by atoms with Gasteiger partial charge >= 0.3 is 0 Å². The number of carbonyl (C=O) groups is 1. The fraction of sp³-hybridized carbons (Fsp3) is 0.429. The van der Waals surface area contributed by atoms with Crippen LogP contribution in [0.2, 0.25) is 0 Å². The maximum atomic E-state index is 13.0. The summed E-state index contributed by atoms with van der Waals surface area (Å²) in [6, 6.07) is 11.0. The quantitative estimate of drug-likeness (QED) is 0.669. The normalized spacial score (nSPS) is 17.1. The summed E-state index contributed by atoms with van der Waals surface area (Å²) in [6.45, 7) is 3.77. The standard InChI is InChI=1S/C21H27N5O3S2/c1-23(2)31(28,29)17-6-7-19-18(15-17)26(13-14-30-19)16-21(27)25-11-9-24(10-12-25)20-5-3-4-8-22-20/h3-8,15H,9-14,16H2,1-2H3. The highest BCUT2D eigenvalue weighted by molar-refractivity contribution is 7.99. The summed E-state index contributed by atoms with van der Waals surface area (Å²) in [5.41, 5.74) is 0.819. The van der Waals surface area contributed by atoms with E-state index in [1.165, 1.54) is 18.4 Å². The molecule has 1 saturated heterocycles.